The minimum absolute atomic E-state index is 0.209. The normalized spacial score (nSPS) is 15.9. The maximum atomic E-state index is 13.5. The molecule has 1 N–H and O–H groups in total. The summed E-state index contributed by atoms with van der Waals surface area (Å²) in [7, 11) is 1.62. The minimum Gasteiger partial charge on any atom is -0.488 e. The lowest BCUT2D eigenvalue weighted by Crippen LogP contribution is -2.23. The van der Waals surface area contributed by atoms with Gasteiger partial charge in [-0.2, -0.15) is 0 Å². The summed E-state index contributed by atoms with van der Waals surface area (Å²) >= 11 is 1.20. The van der Waals surface area contributed by atoms with Crippen LogP contribution in [0.15, 0.2) is 82.7 Å². The molecule has 1 amide bonds. The monoisotopic (exact) mass is 462 g/mol. The number of amidine groups is 1. The molecule has 3 aromatic carbocycles. The molecule has 0 aliphatic carbocycles. The number of para-hydroxylation sites is 1. The van der Waals surface area contributed by atoms with Gasteiger partial charge in [-0.05, 0) is 59.8 Å². The minimum atomic E-state index is -0.983. The number of carboxylic acid groups (broad SMARTS) is 1. The number of amides is 1. The van der Waals surface area contributed by atoms with Crippen LogP contribution >= 0.6 is 11.8 Å². The average Bonchev–Trinajstić information content (AvgIpc) is 3.06. The molecule has 1 fully saturated rings. The molecule has 1 aliphatic rings. The second kappa shape index (κ2) is 9.70. The zero-order chi connectivity index (χ0) is 23.4. The summed E-state index contributed by atoms with van der Waals surface area (Å²) in [5, 5.41) is 9.47. The molecule has 6 nitrogen and oxygen atoms in total. The zero-order valence-electron chi connectivity index (χ0n) is 17.6. The topological polar surface area (TPSA) is 79.2 Å². The number of hydrogen-bond donors (Lipinski definition) is 1. The first-order chi connectivity index (χ1) is 15.9. The summed E-state index contributed by atoms with van der Waals surface area (Å²) in [5.41, 5.74) is 2.17. The number of carbonyl (C=O) groups is 2. The second-order valence-corrected chi connectivity index (χ2v) is 8.19. The number of likely N-dealkylation sites (N-methyl/N-ethyl adjacent to an activating group) is 1. The number of hydrogen-bond acceptors (Lipinski definition) is 5. The van der Waals surface area contributed by atoms with Gasteiger partial charge in [0.2, 0.25) is 0 Å². The van der Waals surface area contributed by atoms with Crippen molar-refractivity contribution in [1.82, 2.24) is 4.90 Å². The van der Waals surface area contributed by atoms with Crippen molar-refractivity contribution in [2.45, 2.75) is 6.61 Å². The number of halogens is 1. The number of thioether (sulfide) groups is 1. The lowest BCUT2D eigenvalue weighted by molar-refractivity contribution is -0.121. The molecule has 166 valence electrons. The molecule has 33 heavy (non-hydrogen) atoms. The van der Waals surface area contributed by atoms with Gasteiger partial charge in [0.15, 0.2) is 5.17 Å². The highest BCUT2D eigenvalue weighted by atomic mass is 32.2. The summed E-state index contributed by atoms with van der Waals surface area (Å²) in [4.78, 5) is 30.0. The van der Waals surface area contributed by atoms with E-state index in [1.165, 1.54) is 40.9 Å². The molecule has 0 radical (unpaired) electrons. The number of aliphatic imine (C=N–C) groups is 1. The number of nitrogens with zero attached hydrogens (tertiary/aromatic N) is 2. The van der Waals surface area contributed by atoms with Crippen LogP contribution in [0.2, 0.25) is 0 Å². The number of carbonyl (C=O) groups excluding carboxylic acids is 1. The molecule has 0 bridgehead atoms. The Labute approximate surface area is 194 Å². The molecule has 0 spiro atoms. The second-order valence-electron chi connectivity index (χ2n) is 7.18. The first-order valence-electron chi connectivity index (χ1n) is 9.96. The van der Waals surface area contributed by atoms with Crippen molar-refractivity contribution in [1.29, 1.82) is 0 Å². The average molecular weight is 463 g/mol. The van der Waals surface area contributed by atoms with Gasteiger partial charge in [-0.15, -0.1) is 0 Å². The first-order valence-corrected chi connectivity index (χ1v) is 10.8. The van der Waals surface area contributed by atoms with E-state index in [9.17, 15) is 14.0 Å². The Bertz CT molecular complexity index is 1270. The zero-order valence-corrected chi connectivity index (χ0v) is 18.4. The highest BCUT2D eigenvalue weighted by molar-refractivity contribution is 8.18. The van der Waals surface area contributed by atoms with Crippen molar-refractivity contribution >= 4 is 40.6 Å². The van der Waals surface area contributed by atoms with E-state index in [1.807, 2.05) is 18.2 Å². The third kappa shape index (κ3) is 5.30. The van der Waals surface area contributed by atoms with Crippen molar-refractivity contribution in [3.8, 4) is 5.75 Å². The molecule has 4 rings (SSSR count). The highest BCUT2D eigenvalue weighted by Crippen LogP contribution is 2.34. The highest BCUT2D eigenvalue weighted by Gasteiger charge is 2.30. The Morgan fingerprint density at radius 1 is 1.12 bits per heavy atom. The summed E-state index contributed by atoms with van der Waals surface area (Å²) in [5.74, 6) is -1.01. The number of aromatic carboxylic acids is 1. The smallest absolute Gasteiger partial charge is 0.335 e. The van der Waals surface area contributed by atoms with Crippen molar-refractivity contribution in [3.63, 3.8) is 0 Å². The van der Waals surface area contributed by atoms with Crippen LogP contribution in [0.25, 0.3) is 6.08 Å². The van der Waals surface area contributed by atoms with Crippen LogP contribution in [0, 0.1) is 5.82 Å². The molecular formula is C25H19FN2O4S. The Balaban J connectivity index is 1.53. The fraction of sp³-hybridized carbons (Fsp3) is 0.0800. The van der Waals surface area contributed by atoms with Gasteiger partial charge in [0.05, 0.1) is 16.2 Å². The van der Waals surface area contributed by atoms with Gasteiger partial charge in [0.25, 0.3) is 5.91 Å². The van der Waals surface area contributed by atoms with E-state index in [1.54, 1.807) is 43.5 Å². The van der Waals surface area contributed by atoms with Gasteiger partial charge in [-0.25, -0.2) is 14.2 Å². The van der Waals surface area contributed by atoms with Crippen LogP contribution in [0.4, 0.5) is 10.1 Å². The van der Waals surface area contributed by atoms with Crippen LogP contribution in [-0.4, -0.2) is 34.1 Å². The van der Waals surface area contributed by atoms with E-state index in [-0.39, 0.29) is 18.1 Å². The Hall–Kier alpha value is -3.91. The molecule has 0 unspecified atom stereocenters. The molecular weight excluding hydrogens is 443 g/mol. The lowest BCUT2D eigenvalue weighted by atomic mass is 10.1. The van der Waals surface area contributed by atoms with Gasteiger partial charge < -0.3 is 9.84 Å². The number of rotatable bonds is 6. The summed E-state index contributed by atoms with van der Waals surface area (Å²) in [6.07, 6.45) is 1.74. The summed E-state index contributed by atoms with van der Waals surface area (Å²) in [6.45, 7) is 0.243. The van der Waals surface area contributed by atoms with Crippen LogP contribution in [0.3, 0.4) is 0 Å². The predicted molar refractivity (Wildman–Crippen MR) is 126 cm³/mol. The van der Waals surface area contributed by atoms with Crippen LogP contribution in [0.1, 0.15) is 21.5 Å². The van der Waals surface area contributed by atoms with Crippen molar-refractivity contribution in [2.75, 3.05) is 7.05 Å². The van der Waals surface area contributed by atoms with Crippen LogP contribution in [0.5, 0.6) is 5.75 Å². The molecule has 3 aromatic rings. The quantitative estimate of drug-likeness (QED) is 0.501. The summed E-state index contributed by atoms with van der Waals surface area (Å²) in [6, 6.07) is 19.6. The van der Waals surface area contributed by atoms with E-state index in [2.05, 4.69) is 4.99 Å². The van der Waals surface area contributed by atoms with E-state index in [4.69, 9.17) is 9.84 Å². The third-order valence-electron chi connectivity index (χ3n) is 4.84. The maximum Gasteiger partial charge on any atom is 0.335 e. The van der Waals surface area contributed by atoms with E-state index in [0.717, 1.165) is 11.1 Å². The van der Waals surface area contributed by atoms with Gasteiger partial charge in [-0.1, -0.05) is 36.4 Å². The molecule has 0 saturated carbocycles. The molecule has 8 heteroatoms. The van der Waals surface area contributed by atoms with Gasteiger partial charge in [-0.3, -0.25) is 9.69 Å². The molecule has 1 saturated heterocycles. The molecule has 0 aromatic heterocycles. The number of ether oxygens (including phenoxy) is 1. The van der Waals surface area contributed by atoms with Gasteiger partial charge >= 0.3 is 5.97 Å². The number of carboxylic acids is 1. The Kier molecular flexibility index (Phi) is 6.55. The fourth-order valence-corrected chi connectivity index (χ4v) is 4.06. The number of benzene rings is 3. The van der Waals surface area contributed by atoms with Crippen molar-refractivity contribution in [2.24, 2.45) is 4.99 Å². The van der Waals surface area contributed by atoms with E-state index >= 15 is 0 Å². The van der Waals surface area contributed by atoms with Gasteiger partial charge in [0.1, 0.15) is 18.2 Å². The SMILES string of the molecule is CN1C(=O)/C(=C/c2ccccc2OCc2ccc(C(=O)O)cc2)SC1=Nc1cccc(F)c1. The molecule has 1 aliphatic heterocycles. The standard InChI is InChI=1S/C25H19FN2O4S/c1-28-23(29)22(33-25(28)27-20-7-4-6-19(26)14-20)13-18-5-2-3-8-21(18)32-15-16-9-11-17(12-10-16)24(30)31/h2-14H,15H2,1H3,(H,30,31)/b22-13-,27-25?. The predicted octanol–water partition coefficient (Wildman–Crippen LogP) is 5.34. The van der Waals surface area contributed by atoms with Crippen LogP contribution in [-0.2, 0) is 11.4 Å². The Morgan fingerprint density at radius 2 is 1.88 bits per heavy atom. The van der Waals surface area contributed by atoms with E-state index in [0.29, 0.717) is 21.5 Å². The third-order valence-corrected chi connectivity index (χ3v) is 5.90. The molecule has 1 heterocycles. The van der Waals surface area contributed by atoms with E-state index < -0.39 is 11.8 Å². The fourth-order valence-electron chi connectivity index (χ4n) is 3.08. The summed E-state index contributed by atoms with van der Waals surface area (Å²) < 4.78 is 19.4. The van der Waals surface area contributed by atoms with Gasteiger partial charge in [0, 0.05) is 12.6 Å². The lowest BCUT2D eigenvalue weighted by Gasteiger charge is -2.10. The largest absolute Gasteiger partial charge is 0.488 e. The maximum absolute atomic E-state index is 13.5. The first kappa shape index (κ1) is 22.3. The Morgan fingerprint density at radius 3 is 2.61 bits per heavy atom. The molecule has 0 atom stereocenters. The van der Waals surface area contributed by atoms with Crippen LogP contribution < -0.4 is 4.74 Å². The van der Waals surface area contributed by atoms with Crippen molar-refractivity contribution < 1.29 is 23.8 Å². The van der Waals surface area contributed by atoms with Crippen molar-refractivity contribution in [3.05, 3.63) is 100 Å².